The van der Waals surface area contributed by atoms with Crippen LogP contribution in [-0.2, 0) is 13.1 Å². The summed E-state index contributed by atoms with van der Waals surface area (Å²) in [5.41, 5.74) is 1.61. The summed E-state index contributed by atoms with van der Waals surface area (Å²) < 4.78 is 5.61. The van der Waals surface area contributed by atoms with E-state index < -0.39 is 0 Å². The van der Waals surface area contributed by atoms with E-state index in [1.54, 1.807) is 0 Å². The lowest BCUT2D eigenvalue weighted by molar-refractivity contribution is 0.0787. The summed E-state index contributed by atoms with van der Waals surface area (Å²) in [6.07, 6.45) is 6.23. The third-order valence-corrected chi connectivity index (χ3v) is 5.27. The number of hydrogen-bond acceptors (Lipinski definition) is 4. The van der Waals surface area contributed by atoms with E-state index in [1.165, 1.54) is 24.7 Å². The highest BCUT2D eigenvalue weighted by Crippen LogP contribution is 2.31. The summed E-state index contributed by atoms with van der Waals surface area (Å²) in [6.45, 7) is 4.07. The summed E-state index contributed by atoms with van der Waals surface area (Å²) in [5, 5.41) is 0.753. The summed E-state index contributed by atoms with van der Waals surface area (Å²) >= 11 is 6.12. The number of nitrogens with zero attached hydrogens (tertiary/aromatic N) is 3. The number of amides is 1. The molecule has 138 valence electrons. The molecule has 1 amide bonds. The van der Waals surface area contributed by atoms with Crippen molar-refractivity contribution < 1.29 is 9.21 Å². The average Bonchev–Trinajstić information content (AvgIpc) is 3.11. The Bertz CT molecular complexity index is 766. The molecular weight excluding hydrogens is 350 g/mol. The Morgan fingerprint density at radius 1 is 1.27 bits per heavy atom. The molecule has 6 heteroatoms. The van der Waals surface area contributed by atoms with Crippen LogP contribution in [0.4, 0.5) is 0 Å². The van der Waals surface area contributed by atoms with Gasteiger partial charge in [0.25, 0.3) is 5.91 Å². The van der Waals surface area contributed by atoms with E-state index in [1.807, 2.05) is 23.1 Å². The quantitative estimate of drug-likeness (QED) is 0.736. The number of rotatable bonds is 7. The van der Waals surface area contributed by atoms with Crippen LogP contribution in [0.3, 0.4) is 0 Å². The first-order valence-electron chi connectivity index (χ1n) is 9.38. The Morgan fingerprint density at radius 2 is 2.08 bits per heavy atom. The van der Waals surface area contributed by atoms with E-state index >= 15 is 0 Å². The van der Waals surface area contributed by atoms with Crippen molar-refractivity contribution in [2.45, 2.75) is 38.8 Å². The number of carbonyl (C=O) groups is 1. The van der Waals surface area contributed by atoms with Gasteiger partial charge in [0.2, 0.25) is 5.89 Å². The fourth-order valence-electron chi connectivity index (χ4n) is 3.50. The second-order valence-corrected chi connectivity index (χ2v) is 7.81. The lowest BCUT2D eigenvalue weighted by Crippen LogP contribution is -2.28. The lowest BCUT2D eigenvalue weighted by Gasteiger charge is -2.20. The van der Waals surface area contributed by atoms with Gasteiger partial charge in [0, 0.05) is 31.2 Å². The first kappa shape index (κ1) is 17.6. The molecule has 1 aliphatic carbocycles. The van der Waals surface area contributed by atoms with Crippen molar-refractivity contribution in [2.75, 3.05) is 19.6 Å². The van der Waals surface area contributed by atoms with E-state index in [-0.39, 0.29) is 5.91 Å². The van der Waals surface area contributed by atoms with Gasteiger partial charge < -0.3 is 9.32 Å². The number of carbonyl (C=O) groups excluding carboxylic acids is 1. The number of halogens is 1. The molecule has 0 spiro atoms. The van der Waals surface area contributed by atoms with Crippen LogP contribution in [0.1, 0.15) is 47.6 Å². The Kier molecular flexibility index (Phi) is 5.27. The van der Waals surface area contributed by atoms with Gasteiger partial charge in [-0.3, -0.25) is 9.69 Å². The van der Waals surface area contributed by atoms with Gasteiger partial charge in [0.05, 0.1) is 6.54 Å². The monoisotopic (exact) mass is 373 g/mol. The summed E-state index contributed by atoms with van der Waals surface area (Å²) in [7, 11) is 0. The first-order chi connectivity index (χ1) is 12.7. The number of likely N-dealkylation sites (tertiary alicyclic amines) is 1. The minimum absolute atomic E-state index is 0.0129. The predicted octanol–water partition coefficient (Wildman–Crippen LogP) is 3.98. The van der Waals surface area contributed by atoms with Gasteiger partial charge in [-0.2, -0.15) is 0 Å². The molecule has 0 radical (unpaired) electrons. The van der Waals surface area contributed by atoms with Gasteiger partial charge in [-0.1, -0.05) is 23.7 Å². The Balaban J connectivity index is 1.42. The highest BCUT2D eigenvalue weighted by atomic mass is 35.5. The van der Waals surface area contributed by atoms with Crippen molar-refractivity contribution in [3.63, 3.8) is 0 Å². The van der Waals surface area contributed by atoms with Gasteiger partial charge >= 0.3 is 0 Å². The van der Waals surface area contributed by atoms with E-state index in [2.05, 4.69) is 16.0 Å². The van der Waals surface area contributed by atoms with Crippen LogP contribution in [0, 0.1) is 5.92 Å². The van der Waals surface area contributed by atoms with Crippen LogP contribution in [0.15, 0.2) is 34.9 Å². The van der Waals surface area contributed by atoms with Crippen molar-refractivity contribution in [1.82, 2.24) is 14.8 Å². The minimum atomic E-state index is -0.0129. The van der Waals surface area contributed by atoms with Gasteiger partial charge in [0.15, 0.2) is 5.69 Å². The van der Waals surface area contributed by atoms with Crippen LogP contribution < -0.4 is 0 Å². The predicted molar refractivity (Wildman–Crippen MR) is 99.9 cm³/mol. The maximum absolute atomic E-state index is 12.4. The zero-order valence-electron chi connectivity index (χ0n) is 14.9. The molecule has 4 rings (SSSR count). The molecule has 1 saturated carbocycles. The van der Waals surface area contributed by atoms with Crippen LogP contribution in [0.2, 0.25) is 5.02 Å². The zero-order chi connectivity index (χ0) is 17.9. The SMILES string of the molecule is O=C(c1coc(CN(Cc2cccc(Cl)c2)CC2CC2)n1)N1CCCC1. The van der Waals surface area contributed by atoms with E-state index in [4.69, 9.17) is 16.0 Å². The molecule has 0 unspecified atom stereocenters. The third-order valence-electron chi connectivity index (χ3n) is 5.03. The fraction of sp³-hybridized carbons (Fsp3) is 0.500. The van der Waals surface area contributed by atoms with Crippen LogP contribution in [0.25, 0.3) is 0 Å². The Labute approximate surface area is 158 Å². The number of benzene rings is 1. The molecule has 2 fully saturated rings. The molecular formula is C20H24ClN3O2. The number of hydrogen-bond donors (Lipinski definition) is 0. The second-order valence-electron chi connectivity index (χ2n) is 7.37. The van der Waals surface area contributed by atoms with Gasteiger partial charge in [0.1, 0.15) is 6.26 Å². The second kappa shape index (κ2) is 7.80. The standard InChI is InChI=1S/C20H24ClN3O2/c21-17-5-3-4-16(10-17)12-23(11-15-6-7-15)13-19-22-18(14-26-19)20(25)24-8-1-2-9-24/h3-5,10,14-15H,1-2,6-9,11-13H2. The van der Waals surface area contributed by atoms with Gasteiger partial charge in [-0.25, -0.2) is 4.98 Å². The average molecular weight is 374 g/mol. The van der Waals surface area contributed by atoms with Crippen molar-refractivity contribution in [3.05, 3.63) is 52.7 Å². The van der Waals surface area contributed by atoms with Crippen LogP contribution in [0.5, 0.6) is 0 Å². The Hall–Kier alpha value is -1.85. The topological polar surface area (TPSA) is 49.6 Å². The minimum Gasteiger partial charge on any atom is -0.447 e. The van der Waals surface area contributed by atoms with E-state index in [0.29, 0.717) is 18.1 Å². The Morgan fingerprint density at radius 3 is 2.81 bits per heavy atom. The van der Waals surface area contributed by atoms with Gasteiger partial charge in [-0.15, -0.1) is 0 Å². The highest BCUT2D eigenvalue weighted by molar-refractivity contribution is 6.30. The zero-order valence-corrected chi connectivity index (χ0v) is 15.6. The van der Waals surface area contributed by atoms with Crippen LogP contribution in [-0.4, -0.2) is 40.3 Å². The van der Waals surface area contributed by atoms with Gasteiger partial charge in [-0.05, 0) is 49.3 Å². The smallest absolute Gasteiger partial charge is 0.275 e. The molecule has 0 atom stereocenters. The first-order valence-corrected chi connectivity index (χ1v) is 9.75. The lowest BCUT2D eigenvalue weighted by atomic mass is 10.2. The van der Waals surface area contributed by atoms with E-state index in [9.17, 15) is 4.79 Å². The largest absolute Gasteiger partial charge is 0.447 e. The van der Waals surface area contributed by atoms with E-state index in [0.717, 1.165) is 50.0 Å². The maximum Gasteiger partial charge on any atom is 0.275 e. The maximum atomic E-state index is 12.4. The normalized spacial score (nSPS) is 17.2. The molecule has 1 aliphatic heterocycles. The third kappa shape index (κ3) is 4.46. The molecule has 1 aromatic carbocycles. The fourth-order valence-corrected chi connectivity index (χ4v) is 3.71. The molecule has 0 N–H and O–H groups in total. The molecule has 0 bridgehead atoms. The molecule has 2 heterocycles. The van der Waals surface area contributed by atoms with Crippen molar-refractivity contribution in [3.8, 4) is 0 Å². The molecule has 2 aliphatic rings. The number of oxazole rings is 1. The molecule has 2 aromatic rings. The molecule has 1 saturated heterocycles. The van der Waals surface area contributed by atoms with Crippen molar-refractivity contribution >= 4 is 17.5 Å². The summed E-state index contributed by atoms with van der Waals surface area (Å²) in [4.78, 5) is 21.1. The number of aromatic nitrogens is 1. The molecule has 26 heavy (non-hydrogen) atoms. The summed E-state index contributed by atoms with van der Waals surface area (Å²) in [5.74, 6) is 1.35. The van der Waals surface area contributed by atoms with Crippen molar-refractivity contribution in [1.29, 1.82) is 0 Å². The molecule has 1 aromatic heterocycles. The molecule has 5 nitrogen and oxygen atoms in total. The summed E-state index contributed by atoms with van der Waals surface area (Å²) in [6, 6.07) is 7.95. The van der Waals surface area contributed by atoms with Crippen LogP contribution >= 0.6 is 11.6 Å². The highest BCUT2D eigenvalue weighted by Gasteiger charge is 2.26. The van der Waals surface area contributed by atoms with Crippen molar-refractivity contribution in [2.24, 2.45) is 5.92 Å².